The number of methoxy groups -OCH3 is 2. The molecule has 11 nitrogen and oxygen atoms in total. The fraction of sp³-hybridized carbons (Fsp3) is 0.414. The van der Waals surface area contributed by atoms with Crippen LogP contribution >= 0.6 is 23.2 Å². The summed E-state index contributed by atoms with van der Waals surface area (Å²) in [6.07, 6.45) is 10.4. The highest BCUT2D eigenvalue weighted by molar-refractivity contribution is 6.42. The van der Waals surface area contributed by atoms with Crippen LogP contribution in [0.4, 0.5) is 22.2 Å². The lowest BCUT2D eigenvalue weighted by molar-refractivity contribution is -0.117. The standard InChI is InChI=1S/C29H33Cl2N7O4/c1-5-23(39)34-19-8-6-7-9-20(19)35-28-33-13-18-15-37(26-24(30)21(41-3)11-22(42-4)25(26)31)29(40)38(27(18)36-28)14-17-10-16(2)32-12-17/h5,10-13,16,19-20H,1,6-9,14-15H2,2-4H3,(H,34,39)(H,33,35,36). The maximum absolute atomic E-state index is 14.2. The van der Waals surface area contributed by atoms with Crippen molar-refractivity contribution in [1.29, 1.82) is 0 Å². The summed E-state index contributed by atoms with van der Waals surface area (Å²) in [7, 11) is 2.96. The predicted molar refractivity (Wildman–Crippen MR) is 165 cm³/mol. The molecule has 3 unspecified atom stereocenters. The Kier molecular flexibility index (Phi) is 8.88. The lowest BCUT2D eigenvalue weighted by atomic mass is 9.90. The number of carbonyl (C=O) groups is 2. The smallest absolute Gasteiger partial charge is 0.330 e. The fourth-order valence-electron chi connectivity index (χ4n) is 5.48. The van der Waals surface area contributed by atoms with Gasteiger partial charge in [-0.3, -0.25) is 19.6 Å². The van der Waals surface area contributed by atoms with E-state index in [4.69, 9.17) is 37.7 Å². The van der Waals surface area contributed by atoms with Crippen molar-refractivity contribution < 1.29 is 19.1 Å². The van der Waals surface area contributed by atoms with E-state index in [2.05, 4.69) is 27.2 Å². The summed E-state index contributed by atoms with van der Waals surface area (Å²) in [6, 6.07) is 1.04. The van der Waals surface area contributed by atoms with E-state index < -0.39 is 0 Å². The van der Waals surface area contributed by atoms with Gasteiger partial charge in [0.25, 0.3) is 0 Å². The van der Waals surface area contributed by atoms with E-state index in [1.807, 2.05) is 13.0 Å². The Bertz CT molecular complexity index is 1440. The molecule has 3 heterocycles. The summed E-state index contributed by atoms with van der Waals surface area (Å²) < 4.78 is 10.9. The first-order valence-corrected chi connectivity index (χ1v) is 14.5. The van der Waals surface area contributed by atoms with E-state index in [0.29, 0.717) is 28.8 Å². The maximum Gasteiger partial charge on any atom is 0.330 e. The van der Waals surface area contributed by atoms with Crippen LogP contribution in [0.15, 0.2) is 41.6 Å². The Balaban J connectivity index is 1.52. The minimum absolute atomic E-state index is 0.0126. The van der Waals surface area contributed by atoms with Crippen LogP contribution in [0.2, 0.25) is 10.0 Å². The van der Waals surface area contributed by atoms with Gasteiger partial charge in [-0.15, -0.1) is 0 Å². The molecule has 3 atom stereocenters. The minimum Gasteiger partial charge on any atom is -0.495 e. The number of anilines is 3. The Labute approximate surface area is 254 Å². The molecule has 42 heavy (non-hydrogen) atoms. The number of halogens is 2. The van der Waals surface area contributed by atoms with Crippen molar-refractivity contribution in [2.24, 2.45) is 4.99 Å². The molecule has 1 aromatic carbocycles. The molecule has 5 rings (SSSR count). The van der Waals surface area contributed by atoms with Gasteiger partial charge in [-0.2, -0.15) is 4.98 Å². The number of amides is 3. The van der Waals surface area contributed by atoms with Crippen molar-refractivity contribution in [2.75, 3.05) is 35.9 Å². The van der Waals surface area contributed by atoms with Crippen LogP contribution in [-0.4, -0.2) is 67.0 Å². The number of ether oxygens (including phenoxy) is 2. The molecule has 222 valence electrons. The maximum atomic E-state index is 14.2. The molecular formula is C29H33Cl2N7O4. The summed E-state index contributed by atoms with van der Waals surface area (Å²) in [5.74, 6) is 1.25. The van der Waals surface area contributed by atoms with Crippen molar-refractivity contribution in [3.05, 3.63) is 52.2 Å². The minimum atomic E-state index is -0.381. The number of nitrogens with one attached hydrogen (secondary N) is 2. The Morgan fingerprint density at radius 3 is 2.48 bits per heavy atom. The average molecular weight is 615 g/mol. The van der Waals surface area contributed by atoms with Crippen LogP contribution in [-0.2, 0) is 11.3 Å². The second-order valence-corrected chi connectivity index (χ2v) is 11.1. The molecule has 2 aromatic rings. The number of fused-ring (bicyclic) bond motifs is 1. The van der Waals surface area contributed by atoms with Crippen LogP contribution in [0, 0.1) is 0 Å². The van der Waals surface area contributed by atoms with Gasteiger partial charge in [-0.1, -0.05) is 48.7 Å². The highest BCUT2D eigenvalue weighted by Gasteiger charge is 2.37. The molecule has 0 bridgehead atoms. The normalized spacial score (nSPS) is 21.5. The van der Waals surface area contributed by atoms with Crippen molar-refractivity contribution in [2.45, 2.75) is 57.3 Å². The molecule has 3 aliphatic rings. The molecule has 0 radical (unpaired) electrons. The number of aliphatic imine (C=N–C) groups is 1. The van der Waals surface area contributed by atoms with Crippen LogP contribution in [0.3, 0.4) is 0 Å². The predicted octanol–water partition coefficient (Wildman–Crippen LogP) is 5.17. The van der Waals surface area contributed by atoms with Gasteiger partial charge in [0.15, 0.2) is 0 Å². The third-order valence-electron chi connectivity index (χ3n) is 7.57. The second kappa shape index (κ2) is 12.6. The first-order chi connectivity index (χ1) is 20.2. The zero-order chi connectivity index (χ0) is 30.0. The first-order valence-electron chi connectivity index (χ1n) is 13.7. The second-order valence-electron chi connectivity index (χ2n) is 10.4. The third kappa shape index (κ3) is 5.89. The zero-order valence-electron chi connectivity index (χ0n) is 23.7. The topological polar surface area (TPSA) is 121 Å². The summed E-state index contributed by atoms with van der Waals surface area (Å²) in [5, 5.41) is 6.77. The molecule has 13 heteroatoms. The number of hydrogen-bond donors (Lipinski definition) is 2. The largest absolute Gasteiger partial charge is 0.495 e. The molecule has 2 aliphatic heterocycles. The molecule has 3 amide bonds. The lowest BCUT2D eigenvalue weighted by Gasteiger charge is -2.37. The zero-order valence-corrected chi connectivity index (χ0v) is 25.2. The SMILES string of the molecule is C=CC(=O)NC1CCCCC1Nc1ncc2c(n1)N(CC1=CC(C)N=C1)C(=O)N(c1c(Cl)c(OC)cc(OC)c1Cl)C2. The van der Waals surface area contributed by atoms with Gasteiger partial charge >= 0.3 is 6.03 Å². The highest BCUT2D eigenvalue weighted by Crippen LogP contribution is 2.48. The third-order valence-corrected chi connectivity index (χ3v) is 8.30. The molecule has 0 spiro atoms. The molecule has 1 saturated carbocycles. The van der Waals surface area contributed by atoms with Crippen LogP contribution in [0.1, 0.15) is 38.2 Å². The summed E-state index contributed by atoms with van der Waals surface area (Å²) >= 11 is 13.4. The van der Waals surface area contributed by atoms with E-state index >= 15 is 0 Å². The van der Waals surface area contributed by atoms with E-state index in [1.54, 1.807) is 23.4 Å². The number of hydrogen-bond acceptors (Lipinski definition) is 8. The number of aromatic nitrogens is 2. The Morgan fingerprint density at radius 1 is 1.17 bits per heavy atom. The molecule has 1 aromatic heterocycles. The van der Waals surface area contributed by atoms with Crippen molar-refractivity contribution in [3.63, 3.8) is 0 Å². The number of nitrogens with zero attached hydrogens (tertiary/aromatic N) is 5. The molecule has 2 N–H and O–H groups in total. The van der Waals surface area contributed by atoms with Crippen molar-refractivity contribution in [3.8, 4) is 11.5 Å². The van der Waals surface area contributed by atoms with Gasteiger partial charge in [-0.25, -0.2) is 9.78 Å². The number of benzene rings is 1. The van der Waals surface area contributed by atoms with Crippen LogP contribution in [0.5, 0.6) is 11.5 Å². The number of carbonyl (C=O) groups excluding carboxylic acids is 2. The molecule has 0 saturated heterocycles. The summed E-state index contributed by atoms with van der Waals surface area (Å²) in [6.45, 7) is 5.88. The number of rotatable bonds is 9. The van der Waals surface area contributed by atoms with E-state index in [1.165, 1.54) is 25.2 Å². The van der Waals surface area contributed by atoms with Crippen LogP contribution < -0.4 is 29.9 Å². The quantitative estimate of drug-likeness (QED) is 0.374. The first kappa shape index (κ1) is 29.7. The number of urea groups is 1. The van der Waals surface area contributed by atoms with Gasteiger partial charge in [0.2, 0.25) is 11.9 Å². The monoisotopic (exact) mass is 613 g/mol. The van der Waals surface area contributed by atoms with Gasteiger partial charge in [0.1, 0.15) is 27.4 Å². The Hall–Kier alpha value is -3.83. The van der Waals surface area contributed by atoms with Gasteiger partial charge in [-0.05, 0) is 31.4 Å². The lowest BCUT2D eigenvalue weighted by Crippen LogP contribution is -2.50. The van der Waals surface area contributed by atoms with E-state index in [9.17, 15) is 9.59 Å². The fourth-order valence-corrected chi connectivity index (χ4v) is 6.19. The van der Waals surface area contributed by atoms with Crippen molar-refractivity contribution in [1.82, 2.24) is 15.3 Å². The van der Waals surface area contributed by atoms with Gasteiger partial charge < -0.3 is 20.1 Å². The van der Waals surface area contributed by atoms with Crippen LogP contribution in [0.25, 0.3) is 0 Å². The molecule has 1 aliphatic carbocycles. The average Bonchev–Trinajstić information content (AvgIpc) is 3.40. The van der Waals surface area contributed by atoms with Crippen molar-refractivity contribution >= 4 is 58.8 Å². The molecule has 1 fully saturated rings. The van der Waals surface area contributed by atoms with E-state index in [-0.39, 0.29) is 58.9 Å². The Morgan fingerprint density at radius 2 is 1.86 bits per heavy atom. The summed E-state index contributed by atoms with van der Waals surface area (Å²) in [5.41, 5.74) is 1.83. The van der Waals surface area contributed by atoms with Gasteiger partial charge in [0, 0.05) is 36.1 Å². The van der Waals surface area contributed by atoms with Gasteiger partial charge in [0.05, 0.1) is 39.0 Å². The van der Waals surface area contributed by atoms with E-state index in [0.717, 1.165) is 31.3 Å². The summed E-state index contributed by atoms with van der Waals surface area (Å²) in [4.78, 5) is 43.1. The highest BCUT2D eigenvalue weighted by atomic mass is 35.5. The molecular weight excluding hydrogens is 581 g/mol.